The lowest BCUT2D eigenvalue weighted by atomic mass is 9.93. The summed E-state index contributed by atoms with van der Waals surface area (Å²) in [5.74, 6) is 1.53. The maximum atomic E-state index is 5.35. The van der Waals surface area contributed by atoms with E-state index < -0.39 is 0 Å². The minimum Gasteiger partial charge on any atom is -0.294 e. The Labute approximate surface area is 283 Å². The van der Waals surface area contributed by atoms with Gasteiger partial charge in [-0.1, -0.05) is 146 Å². The molecule has 0 aliphatic rings. The second-order valence-electron chi connectivity index (χ2n) is 12.6. The SMILES string of the molecule is c1ccc(-c2cccc(-c3cc(-n4c5ccccc5c5ccccc54)nc(-c4ccc5c6ccccc6c6ccccc6c5c4)n3)c2)cc1. The fourth-order valence-corrected chi connectivity index (χ4v) is 7.53. The van der Waals surface area contributed by atoms with Crippen molar-refractivity contribution in [2.24, 2.45) is 0 Å². The van der Waals surface area contributed by atoms with Gasteiger partial charge in [0.2, 0.25) is 0 Å². The molecule has 0 unspecified atom stereocenters. The molecule has 0 aliphatic heterocycles. The van der Waals surface area contributed by atoms with E-state index in [2.05, 4.69) is 180 Å². The third kappa shape index (κ3) is 4.44. The number of fused-ring (bicyclic) bond motifs is 9. The van der Waals surface area contributed by atoms with Crippen molar-refractivity contribution in [2.75, 3.05) is 0 Å². The second-order valence-corrected chi connectivity index (χ2v) is 12.6. The zero-order chi connectivity index (χ0) is 32.3. The molecule has 0 saturated carbocycles. The van der Waals surface area contributed by atoms with E-state index in [1.165, 1.54) is 48.7 Å². The van der Waals surface area contributed by atoms with E-state index in [0.717, 1.165) is 39.2 Å². The maximum absolute atomic E-state index is 5.35. The van der Waals surface area contributed by atoms with E-state index in [9.17, 15) is 0 Å². The molecule has 0 saturated heterocycles. The highest BCUT2D eigenvalue weighted by molar-refractivity contribution is 6.25. The third-order valence-electron chi connectivity index (χ3n) is 9.79. The molecule has 3 nitrogen and oxygen atoms in total. The van der Waals surface area contributed by atoms with Crippen LogP contribution < -0.4 is 0 Å². The molecule has 2 heterocycles. The Bertz CT molecular complexity index is 2790. The molecule has 3 heteroatoms. The van der Waals surface area contributed by atoms with Crippen LogP contribution in [0.3, 0.4) is 0 Å². The zero-order valence-electron chi connectivity index (χ0n) is 26.6. The minimum atomic E-state index is 0.693. The molecule has 0 fully saturated rings. The van der Waals surface area contributed by atoms with Gasteiger partial charge in [0, 0.05) is 28.0 Å². The first-order valence-electron chi connectivity index (χ1n) is 16.7. The lowest BCUT2D eigenvalue weighted by Gasteiger charge is -2.14. The lowest BCUT2D eigenvalue weighted by molar-refractivity contribution is 1.05. The molecule has 8 aromatic carbocycles. The number of nitrogens with zero attached hydrogens (tertiary/aromatic N) is 3. The topological polar surface area (TPSA) is 30.7 Å². The number of benzene rings is 8. The van der Waals surface area contributed by atoms with Crippen molar-refractivity contribution in [2.45, 2.75) is 0 Å². The average Bonchev–Trinajstić information content (AvgIpc) is 3.52. The van der Waals surface area contributed by atoms with Gasteiger partial charge in [-0.25, -0.2) is 9.97 Å². The Hall–Kier alpha value is -6.58. The van der Waals surface area contributed by atoms with Crippen molar-refractivity contribution < 1.29 is 0 Å². The number of hydrogen-bond donors (Lipinski definition) is 0. The lowest BCUT2D eigenvalue weighted by Crippen LogP contribution is -2.02. The Morgan fingerprint density at radius 2 is 0.816 bits per heavy atom. The van der Waals surface area contributed by atoms with Crippen LogP contribution >= 0.6 is 0 Å². The van der Waals surface area contributed by atoms with Crippen LogP contribution in [0.5, 0.6) is 0 Å². The summed E-state index contributed by atoms with van der Waals surface area (Å²) in [5.41, 5.74) is 7.47. The number of hydrogen-bond acceptors (Lipinski definition) is 2. The van der Waals surface area contributed by atoms with Gasteiger partial charge in [0.25, 0.3) is 0 Å². The highest BCUT2D eigenvalue weighted by Crippen LogP contribution is 2.38. The quantitative estimate of drug-likeness (QED) is 0.183. The van der Waals surface area contributed by atoms with Crippen LogP contribution in [-0.4, -0.2) is 14.5 Å². The summed E-state index contributed by atoms with van der Waals surface area (Å²) in [6.07, 6.45) is 0. The monoisotopic (exact) mass is 623 g/mol. The first-order valence-corrected chi connectivity index (χ1v) is 16.7. The zero-order valence-corrected chi connectivity index (χ0v) is 26.6. The van der Waals surface area contributed by atoms with Crippen molar-refractivity contribution in [1.82, 2.24) is 14.5 Å². The van der Waals surface area contributed by atoms with Crippen molar-refractivity contribution in [3.63, 3.8) is 0 Å². The molecule has 0 atom stereocenters. The smallest absolute Gasteiger partial charge is 0.162 e. The Morgan fingerprint density at radius 3 is 1.47 bits per heavy atom. The van der Waals surface area contributed by atoms with Gasteiger partial charge < -0.3 is 0 Å². The van der Waals surface area contributed by atoms with Crippen LogP contribution in [0, 0.1) is 0 Å². The van der Waals surface area contributed by atoms with E-state index in [4.69, 9.17) is 9.97 Å². The van der Waals surface area contributed by atoms with Crippen LogP contribution in [0.2, 0.25) is 0 Å². The summed E-state index contributed by atoms with van der Waals surface area (Å²) in [4.78, 5) is 10.7. The van der Waals surface area contributed by atoms with Crippen LogP contribution in [0.1, 0.15) is 0 Å². The summed E-state index contributed by atoms with van der Waals surface area (Å²) < 4.78 is 2.28. The van der Waals surface area contributed by atoms with E-state index in [1.54, 1.807) is 0 Å². The number of aromatic nitrogens is 3. The molecule has 0 aliphatic carbocycles. The molecule has 49 heavy (non-hydrogen) atoms. The number of rotatable bonds is 4. The van der Waals surface area contributed by atoms with Crippen LogP contribution in [0.4, 0.5) is 0 Å². The highest BCUT2D eigenvalue weighted by Gasteiger charge is 2.17. The first-order chi connectivity index (χ1) is 24.3. The van der Waals surface area contributed by atoms with Gasteiger partial charge >= 0.3 is 0 Å². The summed E-state index contributed by atoms with van der Waals surface area (Å²) in [7, 11) is 0. The summed E-state index contributed by atoms with van der Waals surface area (Å²) in [5, 5.41) is 9.83. The summed E-state index contributed by atoms with van der Waals surface area (Å²) in [6.45, 7) is 0. The highest BCUT2D eigenvalue weighted by atomic mass is 15.1. The van der Waals surface area contributed by atoms with Gasteiger partial charge in [0.1, 0.15) is 5.82 Å². The molecule has 0 amide bonds. The van der Waals surface area contributed by atoms with Crippen LogP contribution in [0.15, 0.2) is 176 Å². The van der Waals surface area contributed by atoms with E-state index in [-0.39, 0.29) is 0 Å². The normalized spacial score (nSPS) is 11.7. The molecule has 228 valence electrons. The van der Waals surface area contributed by atoms with E-state index in [0.29, 0.717) is 5.82 Å². The molecular formula is C46H29N3. The molecule has 0 bridgehead atoms. The molecule has 10 aromatic rings. The average molecular weight is 624 g/mol. The fourth-order valence-electron chi connectivity index (χ4n) is 7.53. The van der Waals surface area contributed by atoms with E-state index >= 15 is 0 Å². The van der Waals surface area contributed by atoms with Gasteiger partial charge in [-0.05, 0) is 67.7 Å². The molecule has 0 radical (unpaired) electrons. The summed E-state index contributed by atoms with van der Waals surface area (Å²) >= 11 is 0. The minimum absolute atomic E-state index is 0.693. The van der Waals surface area contributed by atoms with Crippen molar-refractivity contribution >= 4 is 54.1 Å². The van der Waals surface area contributed by atoms with Gasteiger partial charge in [-0.2, -0.15) is 0 Å². The Morgan fingerprint density at radius 1 is 0.306 bits per heavy atom. The van der Waals surface area contributed by atoms with Crippen LogP contribution in [-0.2, 0) is 0 Å². The van der Waals surface area contributed by atoms with Gasteiger partial charge in [0.15, 0.2) is 5.82 Å². The maximum Gasteiger partial charge on any atom is 0.162 e. The molecular weight excluding hydrogens is 595 g/mol. The van der Waals surface area contributed by atoms with E-state index in [1.807, 2.05) is 0 Å². The molecule has 2 aromatic heterocycles. The fraction of sp³-hybridized carbons (Fsp3) is 0. The molecule has 0 spiro atoms. The van der Waals surface area contributed by atoms with Gasteiger partial charge in [0.05, 0.1) is 16.7 Å². The van der Waals surface area contributed by atoms with Crippen molar-refractivity contribution in [3.8, 4) is 39.6 Å². The van der Waals surface area contributed by atoms with Crippen molar-refractivity contribution in [3.05, 3.63) is 176 Å². The van der Waals surface area contributed by atoms with Gasteiger partial charge in [-0.3, -0.25) is 4.57 Å². The van der Waals surface area contributed by atoms with Gasteiger partial charge in [-0.15, -0.1) is 0 Å². The molecule has 0 N–H and O–H groups in total. The standard InChI is InChI=1S/C46H29N3/c1-2-13-30(14-3-1)31-15-12-16-32(27-31)42-29-45(49-43-23-10-8-21-39(43)40-22-9-11-24-44(40)49)48-46(47-42)33-25-26-38-36-19-5-4-17-34(36)35-18-6-7-20-37(35)41(38)28-33/h1-29H. The van der Waals surface area contributed by atoms with Crippen molar-refractivity contribution in [1.29, 1.82) is 0 Å². The van der Waals surface area contributed by atoms with Crippen LogP contribution in [0.25, 0.3) is 93.7 Å². The first kappa shape index (κ1) is 27.5. The summed E-state index contributed by atoms with van der Waals surface area (Å²) in [6, 6.07) is 62.6. The Kier molecular flexibility index (Phi) is 6.18. The number of para-hydroxylation sites is 2. The third-order valence-corrected chi connectivity index (χ3v) is 9.79. The Balaban J connectivity index is 1.26. The molecule has 10 rings (SSSR count). The predicted molar refractivity (Wildman–Crippen MR) is 205 cm³/mol. The second kappa shape index (κ2) is 11.0. The predicted octanol–water partition coefficient (Wildman–Crippen LogP) is 12.0. The largest absolute Gasteiger partial charge is 0.294 e.